The summed E-state index contributed by atoms with van der Waals surface area (Å²) in [5.41, 5.74) is 0.701. The average Bonchev–Trinajstić information content (AvgIpc) is 2.01. The Balaban J connectivity index is 2.84. The van der Waals surface area contributed by atoms with E-state index in [1.165, 1.54) is 18.2 Å². The lowest BCUT2D eigenvalue weighted by molar-refractivity contribution is -0.274. The standard InChI is InChI=1S/C10H10F3O/c1-7(2)8-4-3-5-9(6-8)14-10(11,12)13/h3,5-7H,1-2H3. The molecular weight excluding hydrogens is 193 g/mol. The minimum absolute atomic E-state index is 0.131. The van der Waals surface area contributed by atoms with Gasteiger partial charge in [0.05, 0.1) is 0 Å². The molecule has 1 radical (unpaired) electrons. The molecule has 0 aliphatic rings. The van der Waals surface area contributed by atoms with Crippen LogP contribution in [0.1, 0.15) is 25.3 Å². The second kappa shape index (κ2) is 3.90. The van der Waals surface area contributed by atoms with Crippen LogP contribution in [0, 0.1) is 6.07 Å². The van der Waals surface area contributed by atoms with Gasteiger partial charge in [0.15, 0.2) is 0 Å². The third-order valence-corrected chi connectivity index (χ3v) is 1.65. The van der Waals surface area contributed by atoms with E-state index in [1.54, 1.807) is 0 Å². The Hall–Kier alpha value is -1.19. The fourth-order valence-corrected chi connectivity index (χ4v) is 0.994. The van der Waals surface area contributed by atoms with E-state index < -0.39 is 6.36 Å². The van der Waals surface area contributed by atoms with Crippen LogP contribution in [0.5, 0.6) is 5.75 Å². The van der Waals surface area contributed by atoms with Crippen molar-refractivity contribution in [2.45, 2.75) is 26.1 Å². The summed E-state index contributed by atoms with van der Waals surface area (Å²) < 4.78 is 39.3. The molecule has 4 heteroatoms. The van der Waals surface area contributed by atoms with Crippen LogP contribution < -0.4 is 4.74 Å². The van der Waals surface area contributed by atoms with Gasteiger partial charge in [-0.15, -0.1) is 13.2 Å². The Kier molecular flexibility index (Phi) is 3.03. The molecule has 0 atom stereocenters. The number of benzene rings is 1. The van der Waals surface area contributed by atoms with E-state index in [-0.39, 0.29) is 11.7 Å². The van der Waals surface area contributed by atoms with Gasteiger partial charge >= 0.3 is 6.36 Å². The van der Waals surface area contributed by atoms with Gasteiger partial charge in [0.25, 0.3) is 0 Å². The molecule has 77 valence electrons. The number of hydrogen-bond acceptors (Lipinski definition) is 1. The first-order chi connectivity index (χ1) is 6.38. The Labute approximate surface area is 80.5 Å². The molecule has 0 aromatic heterocycles. The largest absolute Gasteiger partial charge is 0.573 e. The Morgan fingerprint density at radius 2 is 2.00 bits per heavy atom. The van der Waals surface area contributed by atoms with Gasteiger partial charge in [0.1, 0.15) is 5.75 Å². The molecule has 0 aliphatic carbocycles. The molecule has 0 bridgehead atoms. The zero-order valence-electron chi connectivity index (χ0n) is 7.85. The van der Waals surface area contributed by atoms with E-state index in [1.807, 2.05) is 13.8 Å². The van der Waals surface area contributed by atoms with Crippen molar-refractivity contribution in [1.82, 2.24) is 0 Å². The normalized spacial score (nSPS) is 11.9. The van der Waals surface area contributed by atoms with Gasteiger partial charge in [-0.1, -0.05) is 19.9 Å². The average molecular weight is 203 g/mol. The number of halogens is 3. The molecule has 0 saturated carbocycles. The first kappa shape index (κ1) is 10.9. The van der Waals surface area contributed by atoms with Crippen LogP contribution in [0.15, 0.2) is 18.2 Å². The number of hydrogen-bond donors (Lipinski definition) is 0. The summed E-state index contributed by atoms with van der Waals surface area (Å²) in [4.78, 5) is 0. The molecule has 1 aromatic rings. The summed E-state index contributed by atoms with van der Waals surface area (Å²) >= 11 is 0. The monoisotopic (exact) mass is 203 g/mol. The third kappa shape index (κ3) is 3.28. The van der Waals surface area contributed by atoms with Crippen molar-refractivity contribution in [2.24, 2.45) is 0 Å². The maximum Gasteiger partial charge on any atom is 0.573 e. The zero-order chi connectivity index (χ0) is 10.8. The predicted octanol–water partition coefficient (Wildman–Crippen LogP) is 3.51. The molecule has 0 spiro atoms. The minimum atomic E-state index is -4.63. The minimum Gasteiger partial charge on any atom is -0.406 e. The van der Waals surface area contributed by atoms with Gasteiger partial charge in [-0.2, -0.15) is 0 Å². The van der Waals surface area contributed by atoms with Gasteiger partial charge in [0, 0.05) is 0 Å². The molecule has 1 nitrogen and oxygen atoms in total. The molecule has 0 amide bonds. The lowest BCUT2D eigenvalue weighted by atomic mass is 10.0. The molecule has 0 heterocycles. The lowest BCUT2D eigenvalue weighted by Crippen LogP contribution is -2.17. The summed E-state index contributed by atoms with van der Waals surface area (Å²) in [6, 6.07) is 6.85. The number of ether oxygens (including phenoxy) is 1. The quantitative estimate of drug-likeness (QED) is 0.714. The summed E-state index contributed by atoms with van der Waals surface area (Å²) in [6.45, 7) is 3.76. The Bertz CT molecular complexity index is 304. The van der Waals surface area contributed by atoms with E-state index in [0.717, 1.165) is 0 Å². The van der Waals surface area contributed by atoms with Crippen LogP contribution in [0.3, 0.4) is 0 Å². The van der Waals surface area contributed by atoms with Gasteiger partial charge in [0.2, 0.25) is 0 Å². The molecule has 0 unspecified atom stereocenters. The van der Waals surface area contributed by atoms with Crippen LogP contribution in [0.4, 0.5) is 13.2 Å². The van der Waals surface area contributed by atoms with Crippen molar-refractivity contribution in [3.63, 3.8) is 0 Å². The van der Waals surface area contributed by atoms with E-state index in [9.17, 15) is 13.2 Å². The van der Waals surface area contributed by atoms with E-state index in [4.69, 9.17) is 0 Å². The maximum atomic E-state index is 11.8. The number of alkyl halides is 3. The first-order valence-electron chi connectivity index (χ1n) is 4.16. The van der Waals surface area contributed by atoms with Crippen LogP contribution >= 0.6 is 0 Å². The molecule has 1 rings (SSSR count). The van der Waals surface area contributed by atoms with Crippen molar-refractivity contribution in [3.8, 4) is 5.75 Å². The predicted molar refractivity (Wildman–Crippen MR) is 46.1 cm³/mol. The second-order valence-electron chi connectivity index (χ2n) is 3.18. The molecule has 0 N–H and O–H groups in total. The molecular formula is C10H10F3O. The van der Waals surface area contributed by atoms with Crippen LogP contribution in [0.25, 0.3) is 0 Å². The Morgan fingerprint density at radius 3 is 2.50 bits per heavy atom. The maximum absolute atomic E-state index is 11.8. The fourth-order valence-electron chi connectivity index (χ4n) is 0.994. The van der Waals surface area contributed by atoms with Crippen LogP contribution in [0.2, 0.25) is 0 Å². The van der Waals surface area contributed by atoms with Crippen LogP contribution in [-0.4, -0.2) is 6.36 Å². The SMILES string of the molecule is CC(C)c1[c]ccc(OC(F)(F)F)c1. The highest BCUT2D eigenvalue weighted by Gasteiger charge is 2.31. The highest BCUT2D eigenvalue weighted by atomic mass is 19.4. The van der Waals surface area contributed by atoms with Crippen molar-refractivity contribution in [2.75, 3.05) is 0 Å². The summed E-state index contributed by atoms with van der Waals surface area (Å²) in [5, 5.41) is 0. The van der Waals surface area contributed by atoms with Gasteiger partial charge in [-0.3, -0.25) is 0 Å². The highest BCUT2D eigenvalue weighted by Crippen LogP contribution is 2.25. The van der Waals surface area contributed by atoms with Crippen molar-refractivity contribution in [3.05, 3.63) is 29.8 Å². The van der Waals surface area contributed by atoms with E-state index >= 15 is 0 Å². The van der Waals surface area contributed by atoms with Crippen molar-refractivity contribution < 1.29 is 17.9 Å². The Morgan fingerprint density at radius 1 is 1.36 bits per heavy atom. The molecule has 1 aromatic carbocycles. The topological polar surface area (TPSA) is 9.23 Å². The van der Waals surface area contributed by atoms with E-state index in [0.29, 0.717) is 5.56 Å². The molecule has 0 aliphatic heterocycles. The van der Waals surface area contributed by atoms with Gasteiger partial charge in [-0.05, 0) is 29.7 Å². The van der Waals surface area contributed by atoms with Gasteiger partial charge in [-0.25, -0.2) is 0 Å². The second-order valence-corrected chi connectivity index (χ2v) is 3.18. The molecule has 0 fully saturated rings. The number of rotatable bonds is 2. The van der Waals surface area contributed by atoms with Crippen molar-refractivity contribution in [1.29, 1.82) is 0 Å². The zero-order valence-corrected chi connectivity index (χ0v) is 7.85. The van der Waals surface area contributed by atoms with Crippen molar-refractivity contribution >= 4 is 0 Å². The fraction of sp³-hybridized carbons (Fsp3) is 0.400. The lowest BCUT2D eigenvalue weighted by Gasteiger charge is -2.10. The first-order valence-corrected chi connectivity index (χ1v) is 4.16. The van der Waals surface area contributed by atoms with Crippen LogP contribution in [-0.2, 0) is 0 Å². The summed E-state index contributed by atoms with van der Waals surface area (Å²) in [6.07, 6.45) is -4.63. The third-order valence-electron chi connectivity index (χ3n) is 1.65. The molecule has 0 saturated heterocycles. The summed E-state index contributed by atoms with van der Waals surface area (Å²) in [7, 11) is 0. The summed E-state index contributed by atoms with van der Waals surface area (Å²) in [5.74, 6) is -0.0632. The molecule has 14 heavy (non-hydrogen) atoms. The van der Waals surface area contributed by atoms with E-state index in [2.05, 4.69) is 10.8 Å². The highest BCUT2D eigenvalue weighted by molar-refractivity contribution is 5.29. The smallest absolute Gasteiger partial charge is 0.406 e. The van der Waals surface area contributed by atoms with Gasteiger partial charge < -0.3 is 4.74 Å².